The van der Waals surface area contributed by atoms with Gasteiger partial charge in [0.25, 0.3) is 5.92 Å². The Balaban J connectivity index is 1.72. The van der Waals surface area contributed by atoms with E-state index in [9.17, 15) is 8.78 Å². The molecule has 0 bridgehead atoms. The highest BCUT2D eigenvalue weighted by atomic mass is 19.3. The fourth-order valence-corrected chi connectivity index (χ4v) is 3.36. The third-order valence-corrected chi connectivity index (χ3v) is 4.78. The Morgan fingerprint density at radius 2 is 1.93 bits per heavy atom. The number of alkyl halides is 2. The van der Waals surface area contributed by atoms with E-state index in [1.165, 1.54) is 4.80 Å². The molecule has 0 N–H and O–H groups in total. The highest BCUT2D eigenvalue weighted by molar-refractivity contribution is 5.82. The molecule has 0 aliphatic carbocycles. The predicted octanol–water partition coefficient (Wildman–Crippen LogP) is 1.89. The van der Waals surface area contributed by atoms with E-state index in [4.69, 9.17) is 0 Å². The van der Waals surface area contributed by atoms with Crippen molar-refractivity contribution < 1.29 is 8.78 Å². The van der Waals surface area contributed by atoms with Crippen molar-refractivity contribution in [3.8, 4) is 0 Å². The van der Waals surface area contributed by atoms with E-state index < -0.39 is 5.92 Å². The lowest BCUT2D eigenvalue weighted by molar-refractivity contribution is 0.0257. The van der Waals surface area contributed by atoms with Crippen LogP contribution in [0.15, 0.2) is 0 Å². The predicted molar refractivity (Wildman–Crippen MR) is 98.3 cm³/mol. The summed E-state index contributed by atoms with van der Waals surface area (Å²) in [5.74, 6) is -0.302. The van der Waals surface area contributed by atoms with Gasteiger partial charge in [-0.1, -0.05) is 13.3 Å². The molecule has 150 valence electrons. The zero-order valence-corrected chi connectivity index (χ0v) is 16.2. The molecule has 1 saturated heterocycles. The molecule has 1 aliphatic rings. The maximum absolute atomic E-state index is 13.8. The van der Waals surface area contributed by atoms with Gasteiger partial charge in [-0.15, -0.1) is 10.2 Å². The highest BCUT2D eigenvalue weighted by Crippen LogP contribution is 2.32. The minimum atomic E-state index is -2.72. The number of hydrogen-bond donors (Lipinski definition) is 0. The van der Waals surface area contributed by atoms with Crippen LogP contribution in [0.1, 0.15) is 43.7 Å². The van der Waals surface area contributed by atoms with Crippen LogP contribution >= 0.6 is 0 Å². The summed E-state index contributed by atoms with van der Waals surface area (Å²) >= 11 is 0. The summed E-state index contributed by atoms with van der Waals surface area (Å²) in [6.45, 7) is 4.09. The van der Waals surface area contributed by atoms with Gasteiger partial charge in [0.1, 0.15) is 18.2 Å². The second kappa shape index (κ2) is 7.02. The van der Waals surface area contributed by atoms with Gasteiger partial charge in [-0.25, -0.2) is 23.7 Å². The standard InChI is InChI=1S/C17H23F2N9/c1-4-5-6-12-21-15-14(16(22-12)27-8-7-17(18,19)10-27)24-28(25-15)9-13-20-11(2)23-26(13)3/h4-10H2,1-3H3. The summed E-state index contributed by atoms with van der Waals surface area (Å²) in [5.41, 5.74) is 0.863. The van der Waals surface area contributed by atoms with Gasteiger partial charge in [-0.3, -0.25) is 4.68 Å². The van der Waals surface area contributed by atoms with Crippen molar-refractivity contribution in [2.24, 2.45) is 7.05 Å². The lowest BCUT2D eigenvalue weighted by atomic mass is 10.2. The fourth-order valence-electron chi connectivity index (χ4n) is 3.36. The van der Waals surface area contributed by atoms with Gasteiger partial charge in [0.2, 0.25) is 5.65 Å². The maximum Gasteiger partial charge on any atom is 0.266 e. The van der Waals surface area contributed by atoms with E-state index in [0.29, 0.717) is 47.4 Å². The molecule has 0 spiro atoms. The molecule has 3 aromatic heterocycles. The first kappa shape index (κ1) is 18.6. The summed E-state index contributed by atoms with van der Waals surface area (Å²) in [6.07, 6.45) is 2.42. The van der Waals surface area contributed by atoms with E-state index in [0.717, 1.165) is 12.8 Å². The first-order valence-corrected chi connectivity index (χ1v) is 9.45. The third-order valence-electron chi connectivity index (χ3n) is 4.78. The summed E-state index contributed by atoms with van der Waals surface area (Å²) in [5, 5.41) is 13.2. The number of aromatic nitrogens is 8. The van der Waals surface area contributed by atoms with Gasteiger partial charge in [0.05, 0.1) is 6.54 Å². The number of hydrogen-bond acceptors (Lipinski definition) is 7. The first-order chi connectivity index (χ1) is 13.3. The second-order valence-electron chi connectivity index (χ2n) is 7.20. The average molecular weight is 391 g/mol. The molecular formula is C17H23F2N9. The van der Waals surface area contributed by atoms with Crippen molar-refractivity contribution in [1.29, 1.82) is 0 Å². The molecule has 4 rings (SSSR count). The molecule has 0 saturated carbocycles. The minimum Gasteiger partial charge on any atom is -0.348 e. The molecular weight excluding hydrogens is 368 g/mol. The van der Waals surface area contributed by atoms with E-state index in [-0.39, 0.29) is 19.5 Å². The molecule has 11 heteroatoms. The monoisotopic (exact) mass is 391 g/mol. The first-order valence-electron chi connectivity index (χ1n) is 9.45. The van der Waals surface area contributed by atoms with Crippen LogP contribution in [0, 0.1) is 6.92 Å². The smallest absolute Gasteiger partial charge is 0.266 e. The Morgan fingerprint density at radius 1 is 1.11 bits per heavy atom. The molecule has 3 aromatic rings. The van der Waals surface area contributed by atoms with Crippen molar-refractivity contribution in [3.05, 3.63) is 17.5 Å². The van der Waals surface area contributed by atoms with Crippen molar-refractivity contribution in [2.75, 3.05) is 18.0 Å². The zero-order valence-electron chi connectivity index (χ0n) is 16.2. The lowest BCUT2D eigenvalue weighted by Crippen LogP contribution is -2.26. The Hall–Kier alpha value is -2.72. The van der Waals surface area contributed by atoms with Crippen molar-refractivity contribution in [1.82, 2.24) is 39.7 Å². The zero-order chi connectivity index (χ0) is 19.9. The molecule has 1 fully saturated rings. The summed E-state index contributed by atoms with van der Waals surface area (Å²) in [7, 11) is 1.80. The Kier molecular flexibility index (Phi) is 4.68. The fraction of sp³-hybridized carbons (Fsp3) is 0.647. The van der Waals surface area contributed by atoms with Crippen LogP contribution in [-0.2, 0) is 20.0 Å². The Labute approximate surface area is 160 Å². The van der Waals surface area contributed by atoms with Crippen LogP contribution in [0.5, 0.6) is 0 Å². The number of fused-ring (bicyclic) bond motifs is 1. The van der Waals surface area contributed by atoms with Gasteiger partial charge in [0.15, 0.2) is 17.2 Å². The Bertz CT molecular complexity index is 994. The third kappa shape index (κ3) is 3.65. The molecule has 1 aliphatic heterocycles. The number of halogens is 2. The van der Waals surface area contributed by atoms with Gasteiger partial charge < -0.3 is 4.90 Å². The summed E-state index contributed by atoms with van der Waals surface area (Å²) in [4.78, 5) is 16.5. The van der Waals surface area contributed by atoms with Crippen molar-refractivity contribution in [2.45, 2.75) is 52.0 Å². The van der Waals surface area contributed by atoms with Crippen LogP contribution in [0.25, 0.3) is 11.2 Å². The molecule has 9 nitrogen and oxygen atoms in total. The number of aryl methyl sites for hydroxylation is 3. The largest absolute Gasteiger partial charge is 0.348 e. The van der Waals surface area contributed by atoms with Crippen molar-refractivity contribution >= 4 is 17.0 Å². The number of rotatable bonds is 6. The van der Waals surface area contributed by atoms with Gasteiger partial charge >= 0.3 is 0 Å². The van der Waals surface area contributed by atoms with Gasteiger partial charge in [-0.05, 0) is 13.3 Å². The van der Waals surface area contributed by atoms with E-state index in [1.54, 1.807) is 16.6 Å². The summed E-state index contributed by atoms with van der Waals surface area (Å²) in [6, 6.07) is 0. The molecule has 28 heavy (non-hydrogen) atoms. The van der Waals surface area contributed by atoms with Gasteiger partial charge in [-0.2, -0.15) is 9.90 Å². The SMILES string of the molecule is CCCCc1nc(N2CCC(F)(F)C2)c2nn(Cc3nc(C)nn3C)nc2n1. The highest BCUT2D eigenvalue weighted by Gasteiger charge is 2.40. The number of anilines is 1. The second-order valence-corrected chi connectivity index (χ2v) is 7.20. The number of nitrogens with zero attached hydrogens (tertiary/aromatic N) is 9. The Morgan fingerprint density at radius 3 is 2.57 bits per heavy atom. The van der Waals surface area contributed by atoms with E-state index >= 15 is 0 Å². The van der Waals surface area contributed by atoms with Crippen LogP contribution in [0.2, 0.25) is 0 Å². The molecule has 0 unspecified atom stereocenters. The van der Waals surface area contributed by atoms with Crippen LogP contribution in [-0.4, -0.2) is 58.7 Å². The molecule has 4 heterocycles. The number of unbranched alkanes of at least 4 members (excludes halogenated alkanes) is 1. The molecule has 0 radical (unpaired) electrons. The minimum absolute atomic E-state index is 0.185. The topological polar surface area (TPSA) is 90.4 Å². The van der Waals surface area contributed by atoms with Crippen LogP contribution in [0.4, 0.5) is 14.6 Å². The lowest BCUT2D eigenvalue weighted by Gasteiger charge is -2.17. The molecule has 0 aromatic carbocycles. The average Bonchev–Trinajstić information content (AvgIpc) is 3.29. The van der Waals surface area contributed by atoms with Crippen LogP contribution in [0.3, 0.4) is 0 Å². The molecule has 0 atom stereocenters. The summed E-state index contributed by atoms with van der Waals surface area (Å²) < 4.78 is 29.2. The van der Waals surface area contributed by atoms with E-state index in [2.05, 4.69) is 37.2 Å². The van der Waals surface area contributed by atoms with Gasteiger partial charge in [0, 0.05) is 26.4 Å². The van der Waals surface area contributed by atoms with Crippen LogP contribution < -0.4 is 4.90 Å². The maximum atomic E-state index is 13.8. The quantitative estimate of drug-likeness (QED) is 0.634. The normalized spacial score (nSPS) is 16.4. The molecule has 0 amide bonds. The van der Waals surface area contributed by atoms with E-state index in [1.807, 2.05) is 6.92 Å². The van der Waals surface area contributed by atoms with Crippen molar-refractivity contribution in [3.63, 3.8) is 0 Å².